The van der Waals surface area contributed by atoms with Gasteiger partial charge in [-0.05, 0) is 72.7 Å². The Hall–Kier alpha value is -4.45. The number of tetrazole rings is 1. The van der Waals surface area contributed by atoms with Gasteiger partial charge in [-0.3, -0.25) is 14.5 Å². The number of ether oxygens (including phenoxy) is 4. The van der Waals surface area contributed by atoms with Crippen molar-refractivity contribution in [2.45, 2.75) is 52.9 Å². The zero-order valence-electron chi connectivity index (χ0n) is 22.8. The quantitative estimate of drug-likeness (QED) is 0.263. The number of nitrogens with one attached hydrogen (secondary N) is 1. The van der Waals surface area contributed by atoms with E-state index < -0.39 is 5.97 Å². The van der Waals surface area contributed by atoms with Gasteiger partial charge in [0.2, 0.25) is 6.79 Å². The highest BCUT2D eigenvalue weighted by Gasteiger charge is 2.27. The van der Waals surface area contributed by atoms with Crippen molar-refractivity contribution < 1.29 is 23.7 Å². The molecule has 0 amide bonds. The molecule has 1 N–H and O–H groups in total. The SMILES string of the molecule is CCOC(=O)Cn1nnnc1C(CC)N(Cc1ccc2c(c1)OCO2)Cc1cc2cc(OCC)ccc2[nH]c1=O. The molecule has 1 aliphatic rings. The van der Waals surface area contributed by atoms with Gasteiger partial charge in [-0.2, -0.15) is 0 Å². The standard InChI is InChI=1S/C28H32N6O6/c1-4-23(27-30-31-32-34(27)16-26(35)38-6-3)33(14-18-7-10-24-25(11-18)40-17-39-24)15-20-12-19-13-21(37-5-2)8-9-22(19)29-28(20)36/h7-13,23H,4-6,14-17H2,1-3H3,(H,29,36). The normalized spacial score (nSPS) is 13.1. The lowest BCUT2D eigenvalue weighted by Crippen LogP contribution is -2.33. The molecule has 12 heteroatoms. The third-order valence-electron chi connectivity index (χ3n) is 6.67. The maximum Gasteiger partial charge on any atom is 0.327 e. The summed E-state index contributed by atoms with van der Waals surface area (Å²) in [4.78, 5) is 30.6. The van der Waals surface area contributed by atoms with E-state index in [1.54, 1.807) is 6.92 Å². The molecule has 2 aromatic carbocycles. The first kappa shape index (κ1) is 27.1. The van der Waals surface area contributed by atoms with E-state index in [1.165, 1.54) is 4.68 Å². The highest BCUT2D eigenvalue weighted by atomic mass is 16.7. The van der Waals surface area contributed by atoms with Crippen LogP contribution in [0.2, 0.25) is 0 Å². The maximum atomic E-state index is 13.2. The van der Waals surface area contributed by atoms with Crippen LogP contribution in [0.25, 0.3) is 10.9 Å². The zero-order chi connectivity index (χ0) is 28.1. The average Bonchev–Trinajstić information content (AvgIpc) is 3.59. The van der Waals surface area contributed by atoms with Crippen molar-refractivity contribution in [3.05, 3.63) is 69.8 Å². The van der Waals surface area contributed by atoms with E-state index in [9.17, 15) is 9.59 Å². The number of hydrogen-bond donors (Lipinski definition) is 1. The van der Waals surface area contributed by atoms with E-state index >= 15 is 0 Å². The first-order chi connectivity index (χ1) is 19.5. The molecule has 40 heavy (non-hydrogen) atoms. The molecule has 0 saturated heterocycles. The Morgan fingerprint density at radius 2 is 1.93 bits per heavy atom. The molecule has 0 aliphatic carbocycles. The van der Waals surface area contributed by atoms with Crippen molar-refractivity contribution in [2.24, 2.45) is 0 Å². The lowest BCUT2D eigenvalue weighted by molar-refractivity contribution is -0.144. The van der Waals surface area contributed by atoms with Crippen molar-refractivity contribution in [2.75, 3.05) is 20.0 Å². The lowest BCUT2D eigenvalue weighted by atomic mass is 10.1. The van der Waals surface area contributed by atoms with Gasteiger partial charge in [-0.25, -0.2) is 4.68 Å². The number of esters is 1. The number of carbonyl (C=O) groups is 1. The molecule has 0 bridgehead atoms. The molecule has 1 aliphatic heterocycles. The van der Waals surface area contributed by atoms with E-state index in [-0.39, 0.29) is 31.5 Å². The van der Waals surface area contributed by atoms with E-state index in [2.05, 4.69) is 25.4 Å². The Morgan fingerprint density at radius 3 is 2.73 bits per heavy atom. The average molecular weight is 549 g/mol. The summed E-state index contributed by atoms with van der Waals surface area (Å²) in [5.41, 5.74) is 2.07. The topological polar surface area (TPSA) is 134 Å². The van der Waals surface area contributed by atoms with E-state index in [0.29, 0.717) is 49.0 Å². The van der Waals surface area contributed by atoms with Crippen LogP contribution in [0.3, 0.4) is 0 Å². The van der Waals surface area contributed by atoms with Gasteiger partial charge >= 0.3 is 5.97 Å². The third kappa shape index (κ3) is 5.91. The third-order valence-corrected chi connectivity index (χ3v) is 6.67. The number of benzene rings is 2. The Balaban J connectivity index is 1.51. The number of aromatic amines is 1. The molecule has 0 saturated carbocycles. The summed E-state index contributed by atoms with van der Waals surface area (Å²) in [5.74, 6) is 2.17. The summed E-state index contributed by atoms with van der Waals surface area (Å²) < 4.78 is 23.3. The first-order valence-corrected chi connectivity index (χ1v) is 13.3. The molecule has 12 nitrogen and oxygen atoms in total. The second kappa shape index (κ2) is 12.2. The summed E-state index contributed by atoms with van der Waals surface area (Å²) in [6.45, 7) is 7.32. The van der Waals surface area contributed by atoms with Gasteiger partial charge in [0.05, 0.1) is 19.3 Å². The van der Waals surface area contributed by atoms with Crippen LogP contribution in [0.1, 0.15) is 50.2 Å². The number of hydrogen-bond acceptors (Lipinski definition) is 10. The highest BCUT2D eigenvalue weighted by molar-refractivity contribution is 5.80. The smallest absolute Gasteiger partial charge is 0.327 e. The Kier molecular flexibility index (Phi) is 8.25. The molecule has 3 heterocycles. The van der Waals surface area contributed by atoms with Crippen LogP contribution >= 0.6 is 0 Å². The van der Waals surface area contributed by atoms with Crippen molar-refractivity contribution in [1.82, 2.24) is 30.1 Å². The zero-order valence-corrected chi connectivity index (χ0v) is 22.8. The molecule has 0 spiro atoms. The summed E-state index contributed by atoms with van der Waals surface area (Å²) in [6.07, 6.45) is 0.619. The summed E-state index contributed by atoms with van der Waals surface area (Å²) in [5, 5.41) is 13.0. The molecular formula is C28H32N6O6. The molecule has 4 aromatic rings. The summed E-state index contributed by atoms with van der Waals surface area (Å²) in [6, 6.07) is 12.9. The van der Waals surface area contributed by atoms with Crippen LogP contribution in [-0.2, 0) is 29.2 Å². The Morgan fingerprint density at radius 1 is 1.07 bits per heavy atom. The van der Waals surface area contributed by atoms with E-state index in [0.717, 1.165) is 22.2 Å². The number of carbonyl (C=O) groups excluding carboxylic acids is 1. The Bertz CT molecular complexity index is 1550. The van der Waals surface area contributed by atoms with Gasteiger partial charge in [0.25, 0.3) is 5.56 Å². The van der Waals surface area contributed by atoms with Crippen LogP contribution in [0.4, 0.5) is 0 Å². The van der Waals surface area contributed by atoms with Crippen LogP contribution in [0.5, 0.6) is 17.2 Å². The number of pyridine rings is 1. The number of fused-ring (bicyclic) bond motifs is 2. The fraction of sp³-hybridized carbons (Fsp3) is 0.393. The van der Waals surface area contributed by atoms with Gasteiger partial charge in [0, 0.05) is 29.6 Å². The van der Waals surface area contributed by atoms with Gasteiger partial charge in [0.15, 0.2) is 17.3 Å². The minimum absolute atomic E-state index is 0.110. The molecule has 210 valence electrons. The fourth-order valence-electron chi connectivity index (χ4n) is 4.87. The van der Waals surface area contributed by atoms with Crippen molar-refractivity contribution in [1.29, 1.82) is 0 Å². The van der Waals surface area contributed by atoms with E-state index in [1.807, 2.05) is 56.3 Å². The van der Waals surface area contributed by atoms with Gasteiger partial charge in [-0.15, -0.1) is 5.10 Å². The second-order valence-corrected chi connectivity index (χ2v) is 9.32. The molecule has 5 rings (SSSR count). The molecule has 0 fully saturated rings. The van der Waals surface area contributed by atoms with E-state index in [4.69, 9.17) is 18.9 Å². The molecule has 0 radical (unpaired) electrons. The van der Waals surface area contributed by atoms with Gasteiger partial charge < -0.3 is 23.9 Å². The summed E-state index contributed by atoms with van der Waals surface area (Å²) >= 11 is 0. The van der Waals surface area contributed by atoms with Gasteiger partial charge in [0.1, 0.15) is 12.3 Å². The van der Waals surface area contributed by atoms with Gasteiger partial charge in [-0.1, -0.05) is 13.0 Å². The van der Waals surface area contributed by atoms with Crippen LogP contribution in [0.15, 0.2) is 47.3 Å². The minimum atomic E-state index is -0.427. The number of aromatic nitrogens is 5. The predicted molar refractivity (Wildman–Crippen MR) is 145 cm³/mol. The number of rotatable bonds is 12. The van der Waals surface area contributed by atoms with Crippen LogP contribution in [-0.4, -0.2) is 56.1 Å². The highest BCUT2D eigenvalue weighted by Crippen LogP contribution is 2.34. The number of H-pyrrole nitrogens is 1. The second-order valence-electron chi connectivity index (χ2n) is 9.32. The van der Waals surface area contributed by atoms with Crippen molar-refractivity contribution in [3.8, 4) is 17.2 Å². The molecule has 1 unspecified atom stereocenters. The van der Waals surface area contributed by atoms with Crippen molar-refractivity contribution >= 4 is 16.9 Å². The predicted octanol–water partition coefficient (Wildman–Crippen LogP) is 3.36. The molecular weight excluding hydrogens is 516 g/mol. The summed E-state index contributed by atoms with van der Waals surface area (Å²) in [7, 11) is 0. The van der Waals surface area contributed by atoms with Crippen LogP contribution < -0.4 is 19.8 Å². The Labute approximate surface area is 230 Å². The largest absolute Gasteiger partial charge is 0.494 e. The van der Waals surface area contributed by atoms with Crippen molar-refractivity contribution in [3.63, 3.8) is 0 Å². The lowest BCUT2D eigenvalue weighted by Gasteiger charge is -2.30. The molecule has 1 atom stereocenters. The minimum Gasteiger partial charge on any atom is -0.494 e. The monoisotopic (exact) mass is 548 g/mol. The first-order valence-electron chi connectivity index (χ1n) is 13.3. The van der Waals surface area contributed by atoms with Crippen LogP contribution in [0, 0.1) is 0 Å². The maximum absolute atomic E-state index is 13.2. The number of nitrogens with zero attached hydrogens (tertiary/aromatic N) is 5. The molecule has 2 aromatic heterocycles. The fourth-order valence-corrected chi connectivity index (χ4v) is 4.87.